The maximum Gasteiger partial charge on any atom is 0.271 e. The van der Waals surface area contributed by atoms with Crippen molar-refractivity contribution < 1.29 is 19.1 Å². The van der Waals surface area contributed by atoms with Gasteiger partial charge in [-0.25, -0.2) is 9.97 Å². The zero-order valence-corrected chi connectivity index (χ0v) is 18.6. The van der Waals surface area contributed by atoms with Gasteiger partial charge < -0.3 is 9.47 Å². The van der Waals surface area contributed by atoms with Crippen LogP contribution in [0.5, 0.6) is 11.5 Å². The Labute approximate surface area is 189 Å². The minimum Gasteiger partial charge on any atom is -0.454 e. The van der Waals surface area contributed by atoms with Crippen molar-refractivity contribution in [3.8, 4) is 11.5 Å². The minimum absolute atomic E-state index is 0.166. The van der Waals surface area contributed by atoms with Gasteiger partial charge in [0.2, 0.25) is 6.79 Å². The van der Waals surface area contributed by atoms with Gasteiger partial charge in [-0.05, 0) is 30.4 Å². The van der Waals surface area contributed by atoms with E-state index in [-0.39, 0.29) is 18.1 Å². The van der Waals surface area contributed by atoms with Crippen molar-refractivity contribution in [1.82, 2.24) is 25.8 Å². The largest absolute Gasteiger partial charge is 0.454 e. The molecule has 2 aliphatic carbocycles. The topological polar surface area (TPSA) is 115 Å². The number of pyridine rings is 1. The maximum absolute atomic E-state index is 13.8. The van der Waals surface area contributed by atoms with Crippen LogP contribution in [0, 0.1) is 5.41 Å². The smallest absolute Gasteiger partial charge is 0.271 e. The molecule has 6 rings (SSSR count). The van der Waals surface area contributed by atoms with Crippen LogP contribution in [0.3, 0.4) is 0 Å². The van der Waals surface area contributed by atoms with Crippen molar-refractivity contribution in [3.05, 3.63) is 53.6 Å². The van der Waals surface area contributed by atoms with Crippen molar-refractivity contribution in [2.45, 2.75) is 44.4 Å². The number of rotatable bonds is 2. The number of nitrogens with one attached hydrogen (secondary N) is 2. The highest BCUT2D eigenvalue weighted by Gasteiger charge is 2.73. The quantitative estimate of drug-likeness (QED) is 0.583. The highest BCUT2D eigenvalue weighted by Crippen LogP contribution is 2.70. The first-order valence-corrected chi connectivity index (χ1v) is 10.9. The average molecular weight is 445 g/mol. The fourth-order valence-electron chi connectivity index (χ4n) is 5.79. The molecule has 2 aromatic heterocycles. The summed E-state index contributed by atoms with van der Waals surface area (Å²) in [6.07, 6.45) is 4.44. The molecule has 0 saturated heterocycles. The summed E-state index contributed by atoms with van der Waals surface area (Å²) in [6, 6.07) is 6.95. The first-order valence-electron chi connectivity index (χ1n) is 10.9. The standard InChI is InChI=1S/C24H23N5O4/c1-22(2)23(3)6-7-24(22,21(31)29-28-20(30)13-5-4-8-25-11-13)19-18(23)26-14-9-16-17(33-12-32-16)10-15(14)27-19/h4-5,8-11H,6-7,12H2,1-3H3,(H,28,30)(H,29,31). The Hall–Kier alpha value is -3.75. The lowest BCUT2D eigenvalue weighted by Crippen LogP contribution is -2.55. The van der Waals surface area contributed by atoms with Gasteiger partial charge in [0.25, 0.3) is 11.8 Å². The summed E-state index contributed by atoms with van der Waals surface area (Å²) < 4.78 is 11.0. The normalized spacial score (nSPS) is 25.7. The molecule has 3 heterocycles. The van der Waals surface area contributed by atoms with Crippen molar-refractivity contribution >= 4 is 22.8 Å². The van der Waals surface area contributed by atoms with Crippen molar-refractivity contribution in [2.75, 3.05) is 6.79 Å². The number of nitrogens with zero attached hydrogens (tertiary/aromatic N) is 3. The summed E-state index contributed by atoms with van der Waals surface area (Å²) in [4.78, 5) is 40.1. The van der Waals surface area contributed by atoms with Gasteiger partial charge in [-0.15, -0.1) is 0 Å². The van der Waals surface area contributed by atoms with Gasteiger partial charge in [0.05, 0.1) is 28.0 Å². The van der Waals surface area contributed by atoms with Crippen LogP contribution >= 0.6 is 0 Å². The van der Waals surface area contributed by atoms with Gasteiger partial charge in [-0.1, -0.05) is 20.8 Å². The van der Waals surface area contributed by atoms with E-state index in [0.717, 1.165) is 12.1 Å². The predicted molar refractivity (Wildman–Crippen MR) is 118 cm³/mol. The summed E-state index contributed by atoms with van der Waals surface area (Å²) in [5.41, 5.74) is 6.68. The van der Waals surface area contributed by atoms with Crippen LogP contribution in [-0.2, 0) is 15.6 Å². The molecule has 1 aliphatic heterocycles. The molecule has 9 nitrogen and oxygen atoms in total. The van der Waals surface area contributed by atoms with E-state index in [0.29, 0.717) is 40.2 Å². The molecule has 1 fully saturated rings. The van der Waals surface area contributed by atoms with Gasteiger partial charge in [0, 0.05) is 29.9 Å². The molecule has 168 valence electrons. The van der Waals surface area contributed by atoms with E-state index in [1.807, 2.05) is 12.1 Å². The number of carbonyl (C=O) groups is 2. The number of hydrogen-bond donors (Lipinski definition) is 2. The van der Waals surface area contributed by atoms with E-state index in [1.165, 1.54) is 6.20 Å². The Balaban J connectivity index is 1.42. The summed E-state index contributed by atoms with van der Waals surface area (Å²) >= 11 is 0. The second-order valence-electron chi connectivity index (χ2n) is 9.63. The lowest BCUT2D eigenvalue weighted by molar-refractivity contribution is -0.131. The Kier molecular flexibility index (Phi) is 3.86. The van der Waals surface area contributed by atoms with Crippen LogP contribution in [-0.4, -0.2) is 33.6 Å². The van der Waals surface area contributed by atoms with Gasteiger partial charge in [-0.2, -0.15) is 0 Å². The van der Waals surface area contributed by atoms with Crippen molar-refractivity contribution in [1.29, 1.82) is 0 Å². The van der Waals surface area contributed by atoms with E-state index in [2.05, 4.69) is 36.6 Å². The Morgan fingerprint density at radius 1 is 0.970 bits per heavy atom. The van der Waals surface area contributed by atoms with E-state index in [4.69, 9.17) is 19.4 Å². The van der Waals surface area contributed by atoms with Gasteiger partial charge in [0.1, 0.15) is 5.41 Å². The van der Waals surface area contributed by atoms with Gasteiger partial charge in [-0.3, -0.25) is 25.4 Å². The monoisotopic (exact) mass is 445 g/mol. The molecule has 1 aromatic carbocycles. The van der Waals surface area contributed by atoms with E-state index >= 15 is 0 Å². The average Bonchev–Trinajstić information content (AvgIpc) is 3.39. The van der Waals surface area contributed by atoms with Crippen LogP contribution in [0.25, 0.3) is 11.0 Å². The molecule has 2 bridgehead atoms. The van der Waals surface area contributed by atoms with E-state index in [1.54, 1.807) is 18.3 Å². The fourth-order valence-corrected chi connectivity index (χ4v) is 5.79. The van der Waals surface area contributed by atoms with Crippen LogP contribution in [0.1, 0.15) is 55.4 Å². The summed E-state index contributed by atoms with van der Waals surface area (Å²) in [5.74, 6) is 0.547. The molecule has 3 aromatic rings. The highest BCUT2D eigenvalue weighted by molar-refractivity contribution is 5.98. The van der Waals surface area contributed by atoms with Crippen LogP contribution in [0.15, 0.2) is 36.7 Å². The van der Waals surface area contributed by atoms with Crippen LogP contribution in [0.4, 0.5) is 0 Å². The zero-order chi connectivity index (χ0) is 23.0. The number of fused-ring (bicyclic) bond motifs is 7. The fraction of sp³-hybridized carbons (Fsp3) is 0.375. The van der Waals surface area contributed by atoms with Crippen molar-refractivity contribution in [2.24, 2.45) is 5.41 Å². The van der Waals surface area contributed by atoms with Gasteiger partial charge in [0.15, 0.2) is 11.5 Å². The van der Waals surface area contributed by atoms with Crippen LogP contribution in [0.2, 0.25) is 0 Å². The zero-order valence-electron chi connectivity index (χ0n) is 18.6. The first kappa shape index (κ1) is 19.9. The lowest BCUT2D eigenvalue weighted by Gasteiger charge is -2.39. The Morgan fingerprint density at radius 3 is 2.33 bits per heavy atom. The molecule has 3 aliphatic rings. The molecule has 2 atom stereocenters. The first-order chi connectivity index (χ1) is 15.8. The number of aromatic nitrogens is 3. The Bertz CT molecular complexity index is 1340. The van der Waals surface area contributed by atoms with Gasteiger partial charge >= 0.3 is 0 Å². The predicted octanol–water partition coefficient (Wildman–Crippen LogP) is 2.54. The molecular formula is C24H23N5O4. The summed E-state index contributed by atoms with van der Waals surface area (Å²) in [6.45, 7) is 6.49. The number of hydrazine groups is 1. The number of amides is 2. The number of benzene rings is 1. The molecule has 0 radical (unpaired) electrons. The second kappa shape index (κ2) is 6.40. The maximum atomic E-state index is 13.8. The number of ether oxygens (including phenoxy) is 2. The summed E-state index contributed by atoms with van der Waals surface area (Å²) in [5, 5.41) is 0. The third-order valence-corrected chi connectivity index (χ3v) is 8.13. The van der Waals surface area contributed by atoms with E-state index < -0.39 is 16.7 Å². The molecule has 1 saturated carbocycles. The molecule has 9 heteroatoms. The molecule has 2 N–H and O–H groups in total. The Morgan fingerprint density at radius 2 is 1.67 bits per heavy atom. The molecule has 2 unspecified atom stereocenters. The molecule has 2 amide bonds. The minimum atomic E-state index is -0.934. The van der Waals surface area contributed by atoms with Crippen molar-refractivity contribution in [3.63, 3.8) is 0 Å². The molecular weight excluding hydrogens is 422 g/mol. The molecule has 0 spiro atoms. The lowest BCUT2D eigenvalue weighted by atomic mass is 9.63. The number of carbonyl (C=O) groups excluding carboxylic acids is 2. The third kappa shape index (κ3) is 2.39. The van der Waals surface area contributed by atoms with E-state index in [9.17, 15) is 9.59 Å². The molecule has 33 heavy (non-hydrogen) atoms. The summed E-state index contributed by atoms with van der Waals surface area (Å²) in [7, 11) is 0. The highest BCUT2D eigenvalue weighted by atomic mass is 16.7. The SMILES string of the molecule is CC12CCC(C(=O)NNC(=O)c3cccnc3)(c3nc4cc5c(cc4nc31)OCO5)C2(C)C. The number of hydrogen-bond acceptors (Lipinski definition) is 7. The van der Waals surface area contributed by atoms with Crippen LogP contribution < -0.4 is 20.3 Å². The third-order valence-electron chi connectivity index (χ3n) is 8.13. The second-order valence-corrected chi connectivity index (χ2v) is 9.63.